The normalized spacial score (nSPS) is 18.6. The molecule has 0 spiro atoms. The van der Waals surface area contributed by atoms with E-state index in [9.17, 15) is 23.1 Å². The van der Waals surface area contributed by atoms with E-state index >= 15 is 0 Å². The molecule has 0 saturated heterocycles. The highest BCUT2D eigenvalue weighted by Gasteiger charge is 2.48. The van der Waals surface area contributed by atoms with Gasteiger partial charge < -0.3 is 5.11 Å². The minimum atomic E-state index is -4.83. The number of benzene rings is 1. The highest BCUT2D eigenvalue weighted by molar-refractivity contribution is 6.30. The summed E-state index contributed by atoms with van der Waals surface area (Å²) in [5, 5.41) is 23.2. The highest BCUT2D eigenvalue weighted by atomic mass is 35.5. The number of hydrogen-bond donors (Lipinski definition) is 1. The number of hydrogen-bond acceptors (Lipinski definition) is 5. The summed E-state index contributed by atoms with van der Waals surface area (Å²) in [5.41, 5.74) is 3.73. The van der Waals surface area contributed by atoms with Gasteiger partial charge in [-0.25, -0.2) is 0 Å². The summed E-state index contributed by atoms with van der Waals surface area (Å²) in [6.07, 6.45) is -4.10. The van der Waals surface area contributed by atoms with Crippen LogP contribution in [-0.4, -0.2) is 47.7 Å². The van der Waals surface area contributed by atoms with Gasteiger partial charge in [-0.2, -0.15) is 18.3 Å². The number of fused-ring (bicyclic) bond motifs is 2. The molecular weight excluding hydrogens is 509 g/mol. The maximum Gasteiger partial charge on any atom is 0.416 e. The van der Waals surface area contributed by atoms with Gasteiger partial charge in [0.2, 0.25) is 0 Å². The molecule has 1 N–H and O–H groups in total. The van der Waals surface area contributed by atoms with Crippen molar-refractivity contribution >= 4 is 28.8 Å². The standard InChI is InChI=1S/C25H22ClF3N6O2/c1-12-9-17(10-33-13(2)30-31-23(12)33)35-21(15-5-7-16(26)8-6-15)22-19(24(35)37)20(14-3-4-14)32-34(22)11-18(36)25(27,28)29/h5-10,14,18,21,36H,3-4,11H2,1-2H3/t18-,21+/m1/s1. The first-order valence-electron chi connectivity index (χ1n) is 11.8. The van der Waals surface area contributed by atoms with Crippen molar-refractivity contribution in [1.29, 1.82) is 0 Å². The van der Waals surface area contributed by atoms with Gasteiger partial charge in [0.15, 0.2) is 11.8 Å². The summed E-state index contributed by atoms with van der Waals surface area (Å²) in [6.45, 7) is 2.84. The van der Waals surface area contributed by atoms with Crippen LogP contribution in [0.3, 0.4) is 0 Å². The van der Waals surface area contributed by atoms with Gasteiger partial charge in [-0.1, -0.05) is 23.7 Å². The fourth-order valence-corrected chi connectivity index (χ4v) is 5.12. The molecule has 1 aromatic carbocycles. The molecule has 1 aliphatic heterocycles. The minimum absolute atomic E-state index is 0.00268. The summed E-state index contributed by atoms with van der Waals surface area (Å²) in [6, 6.07) is 7.85. The maximum absolute atomic E-state index is 14.1. The van der Waals surface area contributed by atoms with Crippen molar-refractivity contribution in [2.45, 2.75) is 57.5 Å². The molecule has 8 nitrogen and oxygen atoms in total. The zero-order valence-electron chi connectivity index (χ0n) is 19.9. The van der Waals surface area contributed by atoms with Gasteiger partial charge in [-0.05, 0) is 56.0 Å². The first-order chi connectivity index (χ1) is 17.5. The molecule has 0 unspecified atom stereocenters. The molecule has 37 heavy (non-hydrogen) atoms. The molecule has 2 aliphatic rings. The van der Waals surface area contributed by atoms with E-state index in [0.717, 1.165) is 23.1 Å². The van der Waals surface area contributed by atoms with Crippen LogP contribution < -0.4 is 4.90 Å². The quantitative estimate of drug-likeness (QED) is 0.402. The number of anilines is 1. The van der Waals surface area contributed by atoms with Gasteiger partial charge in [0, 0.05) is 17.1 Å². The molecular formula is C25H22ClF3N6O2. The Morgan fingerprint density at radius 3 is 2.51 bits per heavy atom. The van der Waals surface area contributed by atoms with Crippen molar-refractivity contribution in [1.82, 2.24) is 24.4 Å². The number of amides is 1. The third-order valence-corrected chi connectivity index (χ3v) is 7.22. The average molecular weight is 531 g/mol. The number of aliphatic hydroxyl groups excluding tert-OH is 1. The number of carbonyl (C=O) groups is 1. The van der Waals surface area contributed by atoms with Gasteiger partial charge >= 0.3 is 6.18 Å². The molecule has 1 aliphatic carbocycles. The molecule has 4 heterocycles. The summed E-state index contributed by atoms with van der Waals surface area (Å²) in [5.74, 6) is 0.275. The molecule has 0 radical (unpaired) electrons. The van der Waals surface area contributed by atoms with Gasteiger partial charge in [0.1, 0.15) is 11.9 Å². The molecule has 192 valence electrons. The van der Waals surface area contributed by atoms with E-state index in [-0.39, 0.29) is 11.8 Å². The lowest BCUT2D eigenvalue weighted by Crippen LogP contribution is -2.35. The van der Waals surface area contributed by atoms with Crippen LogP contribution in [0.1, 0.15) is 63.5 Å². The van der Waals surface area contributed by atoms with Crippen molar-refractivity contribution < 1.29 is 23.1 Å². The molecule has 4 aromatic rings. The number of rotatable bonds is 5. The number of aryl methyl sites for hydroxylation is 2. The lowest BCUT2D eigenvalue weighted by atomic mass is 10.0. The first kappa shape index (κ1) is 23.9. The van der Waals surface area contributed by atoms with Crippen LogP contribution in [0.25, 0.3) is 5.65 Å². The molecule has 1 amide bonds. The predicted molar refractivity (Wildman–Crippen MR) is 129 cm³/mol. The van der Waals surface area contributed by atoms with Crippen LogP contribution in [0.15, 0.2) is 36.5 Å². The van der Waals surface area contributed by atoms with Crippen molar-refractivity contribution in [3.05, 3.63) is 75.5 Å². The summed E-state index contributed by atoms with van der Waals surface area (Å²) >= 11 is 6.12. The van der Waals surface area contributed by atoms with Crippen molar-refractivity contribution in [3.63, 3.8) is 0 Å². The Morgan fingerprint density at radius 1 is 1.16 bits per heavy atom. The molecule has 2 atom stereocenters. The molecule has 3 aromatic heterocycles. The summed E-state index contributed by atoms with van der Waals surface area (Å²) in [7, 11) is 0. The number of halogens is 4. The Balaban J connectivity index is 1.57. The fraction of sp³-hybridized carbons (Fsp3) is 0.360. The van der Waals surface area contributed by atoms with Gasteiger partial charge in [0.05, 0.1) is 29.2 Å². The van der Waals surface area contributed by atoms with E-state index in [4.69, 9.17) is 11.6 Å². The second kappa shape index (κ2) is 8.29. The average Bonchev–Trinajstić information content (AvgIpc) is 3.43. The molecule has 1 saturated carbocycles. The summed E-state index contributed by atoms with van der Waals surface area (Å²) < 4.78 is 43.0. The van der Waals surface area contributed by atoms with Crippen LogP contribution in [0.2, 0.25) is 5.02 Å². The Morgan fingerprint density at radius 2 is 1.86 bits per heavy atom. The van der Waals surface area contributed by atoms with E-state index in [2.05, 4.69) is 15.3 Å². The highest BCUT2D eigenvalue weighted by Crippen LogP contribution is 2.49. The van der Waals surface area contributed by atoms with Crippen molar-refractivity contribution in [2.24, 2.45) is 0 Å². The van der Waals surface area contributed by atoms with Gasteiger partial charge in [-0.3, -0.25) is 18.8 Å². The molecule has 1 fully saturated rings. The predicted octanol–water partition coefficient (Wildman–Crippen LogP) is 4.75. The number of alkyl halides is 3. The van der Waals surface area contributed by atoms with Crippen LogP contribution in [0.4, 0.5) is 18.9 Å². The number of aromatic nitrogens is 5. The monoisotopic (exact) mass is 530 g/mol. The van der Waals surface area contributed by atoms with E-state index in [1.807, 2.05) is 13.0 Å². The maximum atomic E-state index is 14.1. The molecule has 12 heteroatoms. The lowest BCUT2D eigenvalue weighted by molar-refractivity contribution is -0.208. The largest absolute Gasteiger partial charge is 0.416 e. The Bertz CT molecular complexity index is 1540. The summed E-state index contributed by atoms with van der Waals surface area (Å²) in [4.78, 5) is 15.7. The lowest BCUT2D eigenvalue weighted by Gasteiger charge is -2.28. The minimum Gasteiger partial charge on any atom is -0.382 e. The number of carbonyl (C=O) groups excluding carboxylic acids is 1. The zero-order valence-corrected chi connectivity index (χ0v) is 20.6. The number of nitrogens with zero attached hydrogens (tertiary/aromatic N) is 6. The second-order valence-corrected chi connectivity index (χ2v) is 10.0. The SMILES string of the molecule is Cc1cc(N2C(=O)c3c(C4CC4)nn(C[C@@H](O)C(F)(F)F)c3[C@@H]2c2ccc(Cl)cc2)cn2c(C)nnc12. The van der Waals surface area contributed by atoms with E-state index in [1.165, 1.54) is 0 Å². The van der Waals surface area contributed by atoms with Crippen LogP contribution in [0.5, 0.6) is 0 Å². The van der Waals surface area contributed by atoms with Crippen LogP contribution in [0, 0.1) is 13.8 Å². The van der Waals surface area contributed by atoms with E-state index in [0.29, 0.717) is 44.7 Å². The zero-order chi connectivity index (χ0) is 26.2. The Kier molecular flexibility index (Phi) is 5.36. The third kappa shape index (κ3) is 3.88. The smallest absolute Gasteiger partial charge is 0.382 e. The Hall–Kier alpha value is -3.44. The number of aliphatic hydroxyl groups is 1. The topological polar surface area (TPSA) is 88.5 Å². The van der Waals surface area contributed by atoms with Crippen LogP contribution in [-0.2, 0) is 6.54 Å². The van der Waals surface area contributed by atoms with Crippen molar-refractivity contribution in [2.75, 3.05) is 4.90 Å². The Labute approximate surface area is 214 Å². The van der Waals surface area contributed by atoms with E-state index in [1.54, 1.807) is 46.7 Å². The number of pyridine rings is 1. The van der Waals surface area contributed by atoms with Crippen LogP contribution >= 0.6 is 11.6 Å². The molecule has 6 rings (SSSR count). The molecule has 0 bridgehead atoms. The van der Waals surface area contributed by atoms with Gasteiger partial charge in [-0.15, -0.1) is 10.2 Å². The fourth-order valence-electron chi connectivity index (χ4n) is 5.00. The third-order valence-electron chi connectivity index (χ3n) is 6.97. The first-order valence-corrected chi connectivity index (χ1v) is 12.2. The van der Waals surface area contributed by atoms with Crippen molar-refractivity contribution in [3.8, 4) is 0 Å². The van der Waals surface area contributed by atoms with Gasteiger partial charge in [0.25, 0.3) is 5.91 Å². The second-order valence-electron chi connectivity index (χ2n) is 9.61. The van der Waals surface area contributed by atoms with E-state index < -0.39 is 24.9 Å².